The molecule has 2 heteroatoms. The smallest absolute Gasteiger partial charge is 0.123 e. The van der Waals surface area contributed by atoms with Gasteiger partial charge in [-0.05, 0) is 47.6 Å². The third kappa shape index (κ3) is 4.25. The number of benzene rings is 2. The highest BCUT2D eigenvalue weighted by molar-refractivity contribution is 5.83. The van der Waals surface area contributed by atoms with E-state index in [-0.39, 0.29) is 10.8 Å². The van der Waals surface area contributed by atoms with Gasteiger partial charge in [-0.15, -0.1) is 0 Å². The molecule has 0 amide bonds. The van der Waals surface area contributed by atoms with Crippen LogP contribution >= 0.6 is 0 Å². The molecule has 0 atom stereocenters. The topological polar surface area (TPSA) is 32.6 Å². The van der Waals surface area contributed by atoms with Gasteiger partial charge in [0.25, 0.3) is 0 Å². The molecule has 0 bridgehead atoms. The van der Waals surface area contributed by atoms with Gasteiger partial charge < -0.3 is 5.11 Å². The van der Waals surface area contributed by atoms with Crippen LogP contribution in [0.1, 0.15) is 63.8 Å². The maximum Gasteiger partial charge on any atom is 0.123 e. The van der Waals surface area contributed by atoms with E-state index in [1.54, 1.807) is 0 Å². The molecule has 0 fully saturated rings. The first kappa shape index (κ1) is 18.3. The SMILES string of the molecule is Cc1ccc(N=Cc2cc(C(C)(C)C)c(O)c(C(C)(C)C)c2)cc1. The number of nitrogens with zero attached hydrogens (tertiary/aromatic N) is 1. The summed E-state index contributed by atoms with van der Waals surface area (Å²) in [5.41, 5.74) is 4.84. The zero-order chi connectivity index (χ0) is 18.1. The van der Waals surface area contributed by atoms with E-state index in [0.29, 0.717) is 5.75 Å². The van der Waals surface area contributed by atoms with Crippen LogP contribution in [0.5, 0.6) is 5.75 Å². The van der Waals surface area contributed by atoms with Gasteiger partial charge in [-0.2, -0.15) is 0 Å². The summed E-state index contributed by atoms with van der Waals surface area (Å²) < 4.78 is 0. The van der Waals surface area contributed by atoms with Gasteiger partial charge >= 0.3 is 0 Å². The molecular formula is C22H29NO. The average molecular weight is 323 g/mol. The molecule has 0 radical (unpaired) electrons. The molecule has 128 valence electrons. The molecule has 0 saturated carbocycles. The molecule has 0 spiro atoms. The Hall–Kier alpha value is -2.09. The van der Waals surface area contributed by atoms with Crippen molar-refractivity contribution in [2.75, 3.05) is 0 Å². The Balaban J connectivity index is 2.52. The van der Waals surface area contributed by atoms with Gasteiger partial charge in [0.2, 0.25) is 0 Å². The highest BCUT2D eigenvalue weighted by Crippen LogP contribution is 2.39. The van der Waals surface area contributed by atoms with Crippen LogP contribution < -0.4 is 0 Å². The number of aliphatic imine (C=N–C) groups is 1. The molecule has 2 aromatic rings. The van der Waals surface area contributed by atoms with Crippen molar-refractivity contribution >= 4 is 11.9 Å². The standard InChI is InChI=1S/C22H29NO/c1-15-8-10-17(11-9-15)23-14-16-12-18(21(2,3)4)20(24)19(13-16)22(5,6)7/h8-14,24H,1-7H3. The monoisotopic (exact) mass is 323 g/mol. The van der Waals surface area contributed by atoms with E-state index in [9.17, 15) is 5.11 Å². The van der Waals surface area contributed by atoms with Crippen molar-refractivity contribution in [1.82, 2.24) is 0 Å². The Morgan fingerprint density at radius 3 is 1.71 bits per heavy atom. The van der Waals surface area contributed by atoms with Gasteiger partial charge in [-0.3, -0.25) is 4.99 Å². The Morgan fingerprint density at radius 2 is 1.29 bits per heavy atom. The summed E-state index contributed by atoms with van der Waals surface area (Å²) in [4.78, 5) is 4.59. The quantitative estimate of drug-likeness (QED) is 0.671. The lowest BCUT2D eigenvalue weighted by atomic mass is 9.78. The summed E-state index contributed by atoms with van der Waals surface area (Å²) in [6, 6.07) is 12.2. The molecule has 0 aromatic heterocycles. The first-order valence-corrected chi connectivity index (χ1v) is 8.47. The summed E-state index contributed by atoms with van der Waals surface area (Å²) in [6.45, 7) is 14.8. The number of phenolic OH excluding ortho intramolecular Hbond substituents is 1. The third-order valence-corrected chi connectivity index (χ3v) is 4.14. The Bertz CT molecular complexity index is 706. The first-order chi connectivity index (χ1) is 11.0. The number of phenols is 1. The molecule has 2 nitrogen and oxygen atoms in total. The van der Waals surface area contributed by atoms with E-state index in [1.807, 2.05) is 30.5 Å². The van der Waals surface area contributed by atoms with Crippen LogP contribution in [-0.4, -0.2) is 11.3 Å². The summed E-state index contributed by atoms with van der Waals surface area (Å²) in [7, 11) is 0. The summed E-state index contributed by atoms with van der Waals surface area (Å²) in [5.74, 6) is 0.405. The fraction of sp³-hybridized carbons (Fsp3) is 0.409. The molecule has 0 unspecified atom stereocenters. The molecule has 0 aliphatic heterocycles. The van der Waals surface area contributed by atoms with Crippen LogP contribution in [0.3, 0.4) is 0 Å². The van der Waals surface area contributed by atoms with Crippen LogP contribution in [-0.2, 0) is 10.8 Å². The minimum atomic E-state index is -0.127. The van der Waals surface area contributed by atoms with E-state index >= 15 is 0 Å². The lowest BCUT2D eigenvalue weighted by molar-refractivity contribution is 0.423. The highest BCUT2D eigenvalue weighted by Gasteiger charge is 2.26. The maximum atomic E-state index is 10.8. The number of hydrogen-bond donors (Lipinski definition) is 1. The van der Waals surface area contributed by atoms with Crippen molar-refractivity contribution in [1.29, 1.82) is 0 Å². The normalized spacial score (nSPS) is 12.8. The van der Waals surface area contributed by atoms with E-state index in [2.05, 4.69) is 65.6 Å². The molecule has 24 heavy (non-hydrogen) atoms. The number of hydrogen-bond acceptors (Lipinski definition) is 2. The van der Waals surface area contributed by atoms with Crippen molar-refractivity contribution in [3.8, 4) is 5.75 Å². The second-order valence-corrected chi connectivity index (χ2v) is 8.56. The molecule has 0 heterocycles. The predicted molar refractivity (Wildman–Crippen MR) is 104 cm³/mol. The highest BCUT2D eigenvalue weighted by atomic mass is 16.3. The average Bonchev–Trinajstić information content (AvgIpc) is 2.45. The van der Waals surface area contributed by atoms with Crippen molar-refractivity contribution < 1.29 is 5.11 Å². The fourth-order valence-corrected chi connectivity index (χ4v) is 2.65. The predicted octanol–water partition coefficient (Wildman–Crippen LogP) is 6.05. The van der Waals surface area contributed by atoms with Gasteiger partial charge in [0.15, 0.2) is 0 Å². The van der Waals surface area contributed by atoms with Crippen LogP contribution in [0.2, 0.25) is 0 Å². The minimum absolute atomic E-state index is 0.127. The molecular weight excluding hydrogens is 294 g/mol. The number of aryl methyl sites for hydroxylation is 1. The summed E-state index contributed by atoms with van der Waals surface area (Å²) >= 11 is 0. The van der Waals surface area contributed by atoms with E-state index in [1.165, 1.54) is 5.56 Å². The molecule has 1 N–H and O–H groups in total. The van der Waals surface area contributed by atoms with Gasteiger partial charge in [0.1, 0.15) is 5.75 Å². The Morgan fingerprint density at radius 1 is 0.833 bits per heavy atom. The molecule has 2 aromatic carbocycles. The second-order valence-electron chi connectivity index (χ2n) is 8.56. The van der Waals surface area contributed by atoms with Crippen LogP contribution in [0.25, 0.3) is 0 Å². The van der Waals surface area contributed by atoms with Gasteiger partial charge in [-0.25, -0.2) is 0 Å². The first-order valence-electron chi connectivity index (χ1n) is 8.47. The van der Waals surface area contributed by atoms with Crippen LogP contribution in [0.4, 0.5) is 5.69 Å². The van der Waals surface area contributed by atoms with Crippen LogP contribution in [0.15, 0.2) is 41.4 Å². The zero-order valence-corrected chi connectivity index (χ0v) is 15.9. The molecule has 2 rings (SSSR count). The zero-order valence-electron chi connectivity index (χ0n) is 15.9. The number of aromatic hydroxyl groups is 1. The summed E-state index contributed by atoms with van der Waals surface area (Å²) in [6.07, 6.45) is 1.88. The summed E-state index contributed by atoms with van der Waals surface area (Å²) in [5, 5.41) is 10.8. The van der Waals surface area contributed by atoms with Crippen molar-refractivity contribution in [3.05, 3.63) is 58.7 Å². The molecule has 0 aliphatic rings. The third-order valence-electron chi connectivity index (χ3n) is 4.14. The van der Waals surface area contributed by atoms with Crippen molar-refractivity contribution in [3.63, 3.8) is 0 Å². The van der Waals surface area contributed by atoms with Gasteiger partial charge in [0.05, 0.1) is 5.69 Å². The van der Waals surface area contributed by atoms with Crippen molar-refractivity contribution in [2.24, 2.45) is 4.99 Å². The second kappa shape index (κ2) is 6.43. The van der Waals surface area contributed by atoms with E-state index < -0.39 is 0 Å². The largest absolute Gasteiger partial charge is 0.507 e. The fourth-order valence-electron chi connectivity index (χ4n) is 2.65. The lowest BCUT2D eigenvalue weighted by Gasteiger charge is -2.27. The minimum Gasteiger partial charge on any atom is -0.507 e. The van der Waals surface area contributed by atoms with E-state index in [4.69, 9.17) is 0 Å². The Labute approximate surface area is 146 Å². The van der Waals surface area contributed by atoms with Gasteiger partial charge in [0, 0.05) is 17.3 Å². The van der Waals surface area contributed by atoms with Crippen molar-refractivity contribution in [2.45, 2.75) is 59.3 Å². The molecule has 0 saturated heterocycles. The van der Waals surface area contributed by atoms with E-state index in [0.717, 1.165) is 22.4 Å². The Kier molecular flexibility index (Phi) is 4.89. The lowest BCUT2D eigenvalue weighted by Crippen LogP contribution is -2.17. The van der Waals surface area contributed by atoms with Gasteiger partial charge in [-0.1, -0.05) is 59.2 Å². The molecule has 0 aliphatic carbocycles. The maximum absolute atomic E-state index is 10.8. The van der Waals surface area contributed by atoms with Crippen LogP contribution in [0, 0.1) is 6.92 Å². The number of rotatable bonds is 2.